The van der Waals surface area contributed by atoms with Crippen molar-refractivity contribution in [3.8, 4) is 12.3 Å². The van der Waals surface area contributed by atoms with Gasteiger partial charge in [0, 0.05) is 39.3 Å². The Balaban J connectivity index is 1.35. The Kier molecular flexibility index (Phi) is 7.24. The fourth-order valence-electron chi connectivity index (χ4n) is 3.06. The van der Waals surface area contributed by atoms with Crippen LogP contribution < -0.4 is 5.32 Å². The molecule has 8 heteroatoms. The summed E-state index contributed by atoms with van der Waals surface area (Å²) in [7, 11) is 0. The van der Waals surface area contributed by atoms with Crippen molar-refractivity contribution >= 4 is 5.91 Å². The van der Waals surface area contributed by atoms with Gasteiger partial charge in [-0.25, -0.2) is 4.98 Å². The van der Waals surface area contributed by atoms with Gasteiger partial charge in [0.1, 0.15) is 12.9 Å². The van der Waals surface area contributed by atoms with Crippen LogP contribution in [0.2, 0.25) is 0 Å². The predicted octanol–water partition coefficient (Wildman–Crippen LogP) is -0.0573. The van der Waals surface area contributed by atoms with Crippen molar-refractivity contribution in [3.05, 3.63) is 17.8 Å². The molecule has 0 unspecified atom stereocenters. The number of oxazole rings is 1. The Labute approximate surface area is 159 Å². The van der Waals surface area contributed by atoms with Gasteiger partial charge >= 0.3 is 0 Å². The van der Waals surface area contributed by atoms with Crippen LogP contribution in [-0.4, -0.2) is 84.4 Å². The van der Waals surface area contributed by atoms with Gasteiger partial charge in [0.2, 0.25) is 5.89 Å². The van der Waals surface area contributed by atoms with E-state index in [1.54, 1.807) is 0 Å². The maximum Gasteiger partial charge on any atom is 0.273 e. The lowest BCUT2D eigenvalue weighted by Crippen LogP contribution is -2.48. The Morgan fingerprint density at radius 3 is 2.85 bits per heavy atom. The summed E-state index contributed by atoms with van der Waals surface area (Å²) in [5.41, 5.74) is 0.347. The summed E-state index contributed by atoms with van der Waals surface area (Å²) in [6, 6.07) is 0. The number of piperazine rings is 1. The van der Waals surface area contributed by atoms with Crippen LogP contribution >= 0.6 is 0 Å². The van der Waals surface area contributed by atoms with Crippen molar-refractivity contribution in [2.45, 2.75) is 25.5 Å². The second-order valence-corrected chi connectivity index (χ2v) is 7.23. The number of aromatic nitrogens is 1. The normalized spacial score (nSPS) is 19.6. The quantitative estimate of drug-likeness (QED) is 0.437. The van der Waals surface area contributed by atoms with Gasteiger partial charge < -0.3 is 19.6 Å². The van der Waals surface area contributed by atoms with Crippen LogP contribution in [0, 0.1) is 18.3 Å². The molecule has 148 valence electrons. The molecular weight excluding hydrogens is 348 g/mol. The fourth-order valence-corrected chi connectivity index (χ4v) is 3.06. The molecule has 1 saturated carbocycles. The maximum absolute atomic E-state index is 12.0. The molecule has 2 N–H and O–H groups in total. The number of rotatable bonds is 10. The van der Waals surface area contributed by atoms with Gasteiger partial charge in [0.25, 0.3) is 5.91 Å². The highest BCUT2D eigenvalue weighted by molar-refractivity contribution is 5.91. The van der Waals surface area contributed by atoms with Crippen LogP contribution in [0.5, 0.6) is 0 Å². The van der Waals surface area contributed by atoms with Crippen LogP contribution in [0.1, 0.15) is 29.2 Å². The van der Waals surface area contributed by atoms with Crippen molar-refractivity contribution in [2.24, 2.45) is 5.92 Å². The van der Waals surface area contributed by atoms with E-state index in [1.807, 2.05) is 0 Å². The highest BCUT2D eigenvalue weighted by atomic mass is 16.5. The number of aliphatic hydroxyl groups is 1. The van der Waals surface area contributed by atoms with Gasteiger partial charge in [-0.05, 0) is 18.8 Å². The summed E-state index contributed by atoms with van der Waals surface area (Å²) in [4.78, 5) is 20.8. The smallest absolute Gasteiger partial charge is 0.273 e. The van der Waals surface area contributed by atoms with Crippen LogP contribution in [0.4, 0.5) is 0 Å². The summed E-state index contributed by atoms with van der Waals surface area (Å²) in [6.45, 7) is 5.76. The zero-order valence-corrected chi connectivity index (χ0v) is 15.6. The van der Waals surface area contributed by atoms with E-state index in [9.17, 15) is 9.90 Å². The molecule has 1 atom stereocenters. The third-order valence-electron chi connectivity index (χ3n) is 4.82. The SMILES string of the molecule is C#CCOC[C@@H](O)CN1CCN(Cc2nc(C(=O)NCC3CC3)co2)CC1. The molecule has 3 rings (SSSR count). The highest BCUT2D eigenvalue weighted by Crippen LogP contribution is 2.27. The number of nitrogens with one attached hydrogen (secondary N) is 1. The molecule has 1 aliphatic carbocycles. The third-order valence-corrected chi connectivity index (χ3v) is 4.82. The van der Waals surface area contributed by atoms with Gasteiger partial charge in [0.15, 0.2) is 5.69 Å². The Bertz CT molecular complexity index is 644. The third kappa shape index (κ3) is 6.63. The van der Waals surface area contributed by atoms with E-state index >= 15 is 0 Å². The molecule has 1 aliphatic heterocycles. The van der Waals surface area contributed by atoms with Crippen molar-refractivity contribution in [2.75, 3.05) is 52.5 Å². The lowest BCUT2D eigenvalue weighted by atomic mass is 10.2. The van der Waals surface area contributed by atoms with Gasteiger partial charge in [-0.2, -0.15) is 0 Å². The molecule has 1 aromatic heterocycles. The van der Waals surface area contributed by atoms with Gasteiger partial charge in [0.05, 0.1) is 19.3 Å². The van der Waals surface area contributed by atoms with E-state index < -0.39 is 6.10 Å². The van der Waals surface area contributed by atoms with Crippen molar-refractivity contribution in [1.82, 2.24) is 20.1 Å². The molecule has 0 spiro atoms. The van der Waals surface area contributed by atoms with Crippen LogP contribution in [0.3, 0.4) is 0 Å². The Hall–Kier alpha value is -1.92. The summed E-state index contributed by atoms with van der Waals surface area (Å²) < 4.78 is 10.6. The molecule has 1 amide bonds. The molecule has 1 aromatic rings. The van der Waals surface area contributed by atoms with Crippen molar-refractivity contribution < 1.29 is 19.1 Å². The van der Waals surface area contributed by atoms with E-state index in [1.165, 1.54) is 19.1 Å². The Morgan fingerprint density at radius 2 is 2.15 bits per heavy atom. The lowest BCUT2D eigenvalue weighted by Gasteiger charge is -2.34. The first kappa shape index (κ1) is 19.8. The number of aliphatic hydroxyl groups excluding tert-OH is 1. The van der Waals surface area contributed by atoms with Gasteiger partial charge in [-0.1, -0.05) is 5.92 Å². The molecule has 0 radical (unpaired) electrons. The number of β-amino-alcohol motifs (C(OH)–C–C–N with tert-alkyl or cyclic N) is 1. The minimum Gasteiger partial charge on any atom is -0.447 e. The molecule has 8 nitrogen and oxygen atoms in total. The van der Waals surface area contributed by atoms with Gasteiger partial charge in [-0.3, -0.25) is 14.6 Å². The fraction of sp³-hybridized carbons (Fsp3) is 0.684. The van der Waals surface area contributed by atoms with Crippen LogP contribution in [-0.2, 0) is 11.3 Å². The summed E-state index contributed by atoms with van der Waals surface area (Å²) >= 11 is 0. The first-order valence-electron chi connectivity index (χ1n) is 9.50. The van der Waals surface area contributed by atoms with E-state index in [0.29, 0.717) is 30.6 Å². The molecule has 0 aromatic carbocycles. The summed E-state index contributed by atoms with van der Waals surface area (Å²) in [5, 5.41) is 12.8. The van der Waals surface area contributed by atoms with Crippen molar-refractivity contribution in [1.29, 1.82) is 0 Å². The maximum atomic E-state index is 12.0. The van der Waals surface area contributed by atoms with E-state index in [-0.39, 0.29) is 19.1 Å². The summed E-state index contributed by atoms with van der Waals surface area (Å²) in [5.74, 6) is 3.42. The molecule has 0 bridgehead atoms. The van der Waals surface area contributed by atoms with E-state index in [4.69, 9.17) is 15.6 Å². The number of carbonyl (C=O) groups is 1. The number of hydrogen-bond donors (Lipinski definition) is 2. The number of nitrogens with zero attached hydrogens (tertiary/aromatic N) is 3. The second kappa shape index (κ2) is 9.85. The average molecular weight is 376 g/mol. The number of amides is 1. The monoisotopic (exact) mass is 376 g/mol. The summed E-state index contributed by atoms with van der Waals surface area (Å²) in [6.07, 6.45) is 8.41. The number of terminal acetylenes is 1. The van der Waals surface area contributed by atoms with Crippen LogP contribution in [0.25, 0.3) is 0 Å². The van der Waals surface area contributed by atoms with E-state index in [0.717, 1.165) is 32.7 Å². The first-order valence-corrected chi connectivity index (χ1v) is 9.50. The molecule has 2 aliphatic rings. The number of ether oxygens (including phenoxy) is 1. The lowest BCUT2D eigenvalue weighted by molar-refractivity contribution is 0.0146. The molecule has 27 heavy (non-hydrogen) atoms. The number of carbonyl (C=O) groups excluding carboxylic acids is 1. The van der Waals surface area contributed by atoms with Crippen LogP contribution in [0.15, 0.2) is 10.7 Å². The largest absolute Gasteiger partial charge is 0.447 e. The standard InChI is InChI=1S/C19H28N4O4/c1-2-9-26-13-16(24)11-22-5-7-23(8-6-22)12-18-21-17(14-27-18)19(25)20-10-15-3-4-15/h1,14-16,24H,3-13H2,(H,20,25)/t16-/m0/s1. The highest BCUT2D eigenvalue weighted by Gasteiger charge is 2.24. The average Bonchev–Trinajstić information content (AvgIpc) is 3.38. The zero-order chi connectivity index (χ0) is 19.1. The Morgan fingerprint density at radius 1 is 1.41 bits per heavy atom. The molecule has 1 saturated heterocycles. The topological polar surface area (TPSA) is 91.1 Å². The number of hydrogen-bond acceptors (Lipinski definition) is 7. The second-order valence-electron chi connectivity index (χ2n) is 7.23. The molecule has 2 heterocycles. The first-order chi connectivity index (χ1) is 13.1. The van der Waals surface area contributed by atoms with Crippen molar-refractivity contribution in [3.63, 3.8) is 0 Å². The van der Waals surface area contributed by atoms with E-state index in [2.05, 4.69) is 26.0 Å². The molecular formula is C19H28N4O4. The van der Waals surface area contributed by atoms with Gasteiger partial charge in [-0.15, -0.1) is 6.42 Å². The zero-order valence-electron chi connectivity index (χ0n) is 15.6. The molecule has 2 fully saturated rings. The predicted molar refractivity (Wildman–Crippen MR) is 98.9 cm³/mol. The minimum atomic E-state index is -0.534. The minimum absolute atomic E-state index is 0.164.